The lowest BCUT2D eigenvalue weighted by atomic mass is 9.95. The van der Waals surface area contributed by atoms with Crippen molar-refractivity contribution in [1.29, 1.82) is 0 Å². The maximum absolute atomic E-state index is 13.9. The van der Waals surface area contributed by atoms with Crippen molar-refractivity contribution in [2.45, 2.75) is 25.7 Å². The Bertz CT molecular complexity index is 648. The fraction of sp³-hybridized carbons (Fsp3) is 0.286. The normalized spacial score (nSPS) is 21.4. The second-order valence-corrected chi connectivity index (χ2v) is 5.01. The van der Waals surface area contributed by atoms with E-state index in [0.29, 0.717) is 0 Å². The Morgan fingerprint density at radius 2 is 1.00 bits per heavy atom. The van der Waals surface area contributed by atoms with Gasteiger partial charge in [-0.3, -0.25) is 0 Å². The van der Waals surface area contributed by atoms with Gasteiger partial charge < -0.3 is 0 Å². The van der Waals surface area contributed by atoms with Gasteiger partial charge in [0.1, 0.15) is 0 Å². The molecule has 20 heavy (non-hydrogen) atoms. The Labute approximate surface area is 110 Å². The van der Waals surface area contributed by atoms with Crippen molar-refractivity contribution >= 4 is 12.2 Å². The van der Waals surface area contributed by atoms with Crippen LogP contribution in [0.4, 0.5) is 26.3 Å². The van der Waals surface area contributed by atoms with Crippen LogP contribution in [-0.4, -0.2) is 0 Å². The number of fused-ring (bicyclic) bond motifs is 3. The van der Waals surface area contributed by atoms with Crippen molar-refractivity contribution in [2.24, 2.45) is 0 Å². The molecule has 0 atom stereocenters. The second kappa shape index (κ2) is 3.48. The number of halogens is 6. The molecule has 1 aromatic carbocycles. The predicted octanol–water partition coefficient (Wildman–Crippen LogP) is 4.98. The maximum atomic E-state index is 13.9. The third kappa shape index (κ3) is 1.29. The van der Waals surface area contributed by atoms with Crippen LogP contribution < -0.4 is 0 Å². The zero-order chi connectivity index (χ0) is 15.0. The van der Waals surface area contributed by atoms with Crippen molar-refractivity contribution < 1.29 is 26.3 Å². The summed E-state index contributed by atoms with van der Waals surface area (Å²) in [7, 11) is 0. The minimum Gasteiger partial charge on any atom is -0.203 e. The molecule has 1 aromatic rings. The molecule has 0 fully saturated rings. The Hall–Kier alpha value is -1.72. The average molecular weight is 290 g/mol. The average Bonchev–Trinajstić information content (AvgIpc) is 2.70. The van der Waals surface area contributed by atoms with Gasteiger partial charge in [0, 0.05) is 11.1 Å². The van der Waals surface area contributed by atoms with Gasteiger partial charge in [-0.05, 0) is 37.1 Å². The summed E-state index contributed by atoms with van der Waals surface area (Å²) in [6.45, 7) is 2.10. The summed E-state index contributed by atoms with van der Waals surface area (Å²) in [5.41, 5.74) is -4.04. The smallest absolute Gasteiger partial charge is 0.203 e. The van der Waals surface area contributed by atoms with Crippen LogP contribution in [0.15, 0.2) is 11.1 Å². The standard InChI is InChI=1S/C14H8F6/c1-5-3-7-8-4-6(2)14(19,20)10(8)12(16)11(15)9(7)13(5,17)18/h3-4H,1-2H3. The highest BCUT2D eigenvalue weighted by molar-refractivity contribution is 5.81. The van der Waals surface area contributed by atoms with Gasteiger partial charge in [0.05, 0.1) is 11.1 Å². The van der Waals surface area contributed by atoms with Gasteiger partial charge in [0.25, 0.3) is 11.8 Å². The molecule has 2 aliphatic rings. The molecule has 0 aromatic heterocycles. The summed E-state index contributed by atoms with van der Waals surface area (Å²) in [5, 5.41) is 0. The number of rotatable bonds is 0. The van der Waals surface area contributed by atoms with Crippen LogP contribution >= 0.6 is 0 Å². The highest BCUT2D eigenvalue weighted by Crippen LogP contribution is 2.54. The lowest BCUT2D eigenvalue weighted by Gasteiger charge is -2.19. The van der Waals surface area contributed by atoms with Gasteiger partial charge in [-0.2, -0.15) is 17.6 Å². The molecule has 0 radical (unpaired) electrons. The minimum atomic E-state index is -3.69. The number of benzene rings is 1. The fourth-order valence-corrected chi connectivity index (χ4v) is 2.65. The zero-order valence-corrected chi connectivity index (χ0v) is 10.4. The number of hydrogen-bond acceptors (Lipinski definition) is 0. The summed E-state index contributed by atoms with van der Waals surface area (Å²) in [6, 6.07) is 0. The molecule has 0 saturated heterocycles. The third-order valence-corrected chi connectivity index (χ3v) is 3.80. The van der Waals surface area contributed by atoms with Crippen LogP contribution in [0.25, 0.3) is 12.2 Å². The van der Waals surface area contributed by atoms with Crippen molar-refractivity contribution in [1.82, 2.24) is 0 Å². The van der Waals surface area contributed by atoms with Crippen LogP contribution in [0, 0.1) is 11.6 Å². The first-order chi connectivity index (χ1) is 9.10. The number of alkyl halides is 4. The molecule has 0 heterocycles. The predicted molar refractivity (Wildman–Crippen MR) is 61.4 cm³/mol. The lowest BCUT2D eigenvalue weighted by molar-refractivity contribution is 0.0315. The highest BCUT2D eigenvalue weighted by atomic mass is 19.3. The summed E-state index contributed by atoms with van der Waals surface area (Å²) in [6.07, 6.45) is 1.86. The molecule has 106 valence electrons. The van der Waals surface area contributed by atoms with E-state index in [-0.39, 0.29) is 11.1 Å². The van der Waals surface area contributed by atoms with Crippen LogP contribution in [0.3, 0.4) is 0 Å². The van der Waals surface area contributed by atoms with Crippen molar-refractivity contribution in [3.63, 3.8) is 0 Å². The third-order valence-electron chi connectivity index (χ3n) is 3.80. The molecule has 0 aliphatic heterocycles. The second-order valence-electron chi connectivity index (χ2n) is 5.01. The van der Waals surface area contributed by atoms with Gasteiger partial charge in [-0.1, -0.05) is 0 Å². The SMILES string of the molecule is CC1=Cc2c3c(c(F)c(F)c2C1(F)F)C(F)(F)C(C)=C3. The monoisotopic (exact) mass is 290 g/mol. The van der Waals surface area contributed by atoms with Crippen LogP contribution in [0.2, 0.25) is 0 Å². The Balaban J connectivity index is 2.47. The lowest BCUT2D eigenvalue weighted by Crippen LogP contribution is -2.20. The summed E-state index contributed by atoms with van der Waals surface area (Å²) >= 11 is 0. The Morgan fingerprint density at radius 3 is 1.30 bits per heavy atom. The maximum Gasteiger partial charge on any atom is 0.298 e. The van der Waals surface area contributed by atoms with E-state index in [4.69, 9.17) is 0 Å². The molecule has 0 N–H and O–H groups in total. The first-order valence-corrected chi connectivity index (χ1v) is 5.79. The van der Waals surface area contributed by atoms with Crippen LogP contribution in [-0.2, 0) is 11.8 Å². The molecule has 6 heteroatoms. The van der Waals surface area contributed by atoms with E-state index in [9.17, 15) is 26.3 Å². The van der Waals surface area contributed by atoms with E-state index in [1.54, 1.807) is 0 Å². The van der Waals surface area contributed by atoms with Gasteiger partial charge in [-0.25, -0.2) is 8.78 Å². The summed E-state index contributed by atoms with van der Waals surface area (Å²) in [4.78, 5) is 0. The molecule has 0 spiro atoms. The fourth-order valence-electron chi connectivity index (χ4n) is 2.65. The van der Waals surface area contributed by atoms with Gasteiger partial charge in [0.2, 0.25) is 0 Å². The Morgan fingerprint density at radius 1 is 0.700 bits per heavy atom. The first kappa shape index (κ1) is 13.3. The highest BCUT2D eigenvalue weighted by Gasteiger charge is 2.51. The van der Waals surface area contributed by atoms with Crippen molar-refractivity contribution in [3.8, 4) is 0 Å². The van der Waals surface area contributed by atoms with E-state index < -0.39 is 45.8 Å². The number of hydrogen-bond donors (Lipinski definition) is 0. The van der Waals surface area contributed by atoms with E-state index in [1.807, 2.05) is 0 Å². The van der Waals surface area contributed by atoms with Crippen LogP contribution in [0.1, 0.15) is 36.1 Å². The molecule has 0 unspecified atom stereocenters. The largest absolute Gasteiger partial charge is 0.298 e. The van der Waals surface area contributed by atoms with E-state index in [0.717, 1.165) is 26.0 Å². The Kier molecular flexibility index (Phi) is 2.31. The summed E-state index contributed by atoms with van der Waals surface area (Å²) in [5.74, 6) is -11.2. The first-order valence-electron chi connectivity index (χ1n) is 5.79. The van der Waals surface area contributed by atoms with Crippen molar-refractivity contribution in [2.75, 3.05) is 0 Å². The quantitative estimate of drug-likeness (QED) is 0.591. The molecule has 0 amide bonds. The van der Waals surface area contributed by atoms with Gasteiger partial charge in [-0.15, -0.1) is 0 Å². The molecule has 0 nitrogen and oxygen atoms in total. The molecular weight excluding hydrogens is 282 g/mol. The molecule has 2 aliphatic carbocycles. The van der Waals surface area contributed by atoms with E-state index in [2.05, 4.69) is 0 Å². The molecular formula is C14H8F6. The molecule has 3 rings (SSSR count). The zero-order valence-electron chi connectivity index (χ0n) is 10.4. The topological polar surface area (TPSA) is 0 Å². The minimum absolute atomic E-state index is 0.363. The van der Waals surface area contributed by atoms with Crippen LogP contribution in [0.5, 0.6) is 0 Å². The molecule has 0 saturated carbocycles. The van der Waals surface area contributed by atoms with Crippen molar-refractivity contribution in [3.05, 3.63) is 45.0 Å². The number of allylic oxidation sites excluding steroid dienone is 2. The molecule has 0 bridgehead atoms. The van der Waals surface area contributed by atoms with Gasteiger partial charge in [0.15, 0.2) is 11.6 Å². The van der Waals surface area contributed by atoms with E-state index >= 15 is 0 Å². The summed E-state index contributed by atoms with van der Waals surface area (Å²) < 4.78 is 83.1. The van der Waals surface area contributed by atoms with E-state index in [1.165, 1.54) is 0 Å². The van der Waals surface area contributed by atoms with Gasteiger partial charge >= 0.3 is 0 Å².